The van der Waals surface area contributed by atoms with Crippen molar-refractivity contribution in [1.29, 1.82) is 0 Å². The Kier molecular flexibility index (Phi) is 2.86. The lowest BCUT2D eigenvalue weighted by molar-refractivity contribution is 0.834. The molecule has 26 heavy (non-hydrogen) atoms. The highest BCUT2D eigenvalue weighted by Gasteiger charge is 2.42. The molecule has 0 fully saturated rings. The molecule has 3 aliphatic carbocycles. The van der Waals surface area contributed by atoms with Crippen LogP contribution in [0.4, 0.5) is 22.7 Å². The first-order valence-corrected chi connectivity index (χ1v) is 8.09. The van der Waals surface area contributed by atoms with Crippen molar-refractivity contribution in [1.82, 2.24) is 0 Å². The third-order valence-corrected chi connectivity index (χ3v) is 5.47. The maximum Gasteiger partial charge on any atom is 0.0809 e. The van der Waals surface area contributed by atoms with Crippen LogP contribution in [-0.2, 0) is 0 Å². The van der Waals surface area contributed by atoms with Gasteiger partial charge in [-0.2, -0.15) is 0 Å². The van der Waals surface area contributed by atoms with E-state index < -0.39 is 5.92 Å². The molecule has 1 unspecified atom stereocenters. The van der Waals surface area contributed by atoms with E-state index >= 15 is 0 Å². The molecule has 1 aromatic carbocycles. The highest BCUT2D eigenvalue weighted by atomic mass is 14.8. The van der Waals surface area contributed by atoms with Crippen LogP contribution < -0.4 is 45.9 Å². The smallest absolute Gasteiger partial charge is 0.0809 e. The summed E-state index contributed by atoms with van der Waals surface area (Å²) < 4.78 is 0. The zero-order valence-electron chi connectivity index (χ0n) is 14.4. The largest absolute Gasteiger partial charge is 0.400 e. The number of nitrogen functional groups attached to an aromatic ring is 4. The van der Waals surface area contributed by atoms with Gasteiger partial charge < -0.3 is 45.9 Å². The van der Waals surface area contributed by atoms with Crippen LogP contribution in [0.2, 0.25) is 0 Å². The summed E-state index contributed by atoms with van der Waals surface area (Å²) >= 11 is 0. The number of nitrogens with two attached hydrogens (primary N) is 8. The molecule has 4 rings (SSSR count). The fraction of sp³-hybridized carbons (Fsp3) is 0.111. The van der Waals surface area contributed by atoms with E-state index in [9.17, 15) is 0 Å². The molecule has 8 nitrogen and oxygen atoms in total. The number of benzene rings is 1. The molecule has 0 spiro atoms. The van der Waals surface area contributed by atoms with Crippen LogP contribution in [0.25, 0.3) is 5.57 Å². The fourth-order valence-electron chi connectivity index (χ4n) is 4.08. The van der Waals surface area contributed by atoms with Gasteiger partial charge in [0.2, 0.25) is 0 Å². The van der Waals surface area contributed by atoms with Gasteiger partial charge in [-0.3, -0.25) is 0 Å². The van der Waals surface area contributed by atoms with Crippen LogP contribution in [0.1, 0.15) is 24.0 Å². The topological polar surface area (TPSA) is 208 Å². The summed E-state index contributed by atoms with van der Waals surface area (Å²) in [7, 11) is 0. The summed E-state index contributed by atoms with van der Waals surface area (Å²) in [5.74, 6) is -0.489. The lowest BCUT2D eigenvalue weighted by atomic mass is 9.69. The van der Waals surface area contributed by atoms with Gasteiger partial charge in [0.1, 0.15) is 0 Å². The van der Waals surface area contributed by atoms with Crippen LogP contribution >= 0.6 is 0 Å². The lowest BCUT2D eigenvalue weighted by Gasteiger charge is -2.37. The second kappa shape index (κ2) is 4.69. The minimum absolute atomic E-state index is 0.223. The molecule has 0 radical (unpaired) electrons. The van der Waals surface area contributed by atoms with Gasteiger partial charge in [0.25, 0.3) is 0 Å². The van der Waals surface area contributed by atoms with Gasteiger partial charge in [-0.1, -0.05) is 12.2 Å². The van der Waals surface area contributed by atoms with Crippen molar-refractivity contribution >= 4 is 28.3 Å². The first-order chi connectivity index (χ1) is 12.2. The Morgan fingerprint density at radius 1 is 0.692 bits per heavy atom. The molecule has 3 aliphatic rings. The molecule has 0 saturated heterocycles. The molecule has 0 aromatic heterocycles. The monoisotopic (exact) mass is 350 g/mol. The maximum atomic E-state index is 6.37. The fourth-order valence-corrected chi connectivity index (χ4v) is 4.08. The Morgan fingerprint density at radius 2 is 1.31 bits per heavy atom. The second-order valence-corrected chi connectivity index (χ2v) is 6.79. The molecule has 1 atom stereocenters. The molecular weight excluding hydrogens is 328 g/mol. The molecule has 0 aliphatic heterocycles. The van der Waals surface area contributed by atoms with E-state index in [-0.39, 0.29) is 22.8 Å². The predicted molar refractivity (Wildman–Crippen MR) is 106 cm³/mol. The van der Waals surface area contributed by atoms with E-state index in [2.05, 4.69) is 0 Å². The quantitative estimate of drug-likeness (QED) is 0.298. The second-order valence-electron chi connectivity index (χ2n) is 6.79. The molecule has 0 amide bonds. The SMILES string of the molecule is CC1=C2C(=C3C(N)=C(N)C(N)=C(N)C3c3c(N)c(N)c(N)c(N)c32)C=C1. The summed E-state index contributed by atoms with van der Waals surface area (Å²) in [6, 6.07) is 0. The zero-order chi connectivity index (χ0) is 19.1. The van der Waals surface area contributed by atoms with Crippen LogP contribution in [-0.4, -0.2) is 0 Å². The Labute approximate surface area is 150 Å². The van der Waals surface area contributed by atoms with Crippen molar-refractivity contribution < 1.29 is 0 Å². The highest BCUT2D eigenvalue weighted by Crippen LogP contribution is 2.57. The number of rotatable bonds is 0. The normalized spacial score (nSPS) is 21.3. The van der Waals surface area contributed by atoms with Crippen LogP contribution in [0.15, 0.2) is 51.7 Å². The molecule has 0 bridgehead atoms. The summed E-state index contributed by atoms with van der Waals surface area (Å²) in [4.78, 5) is 0. The predicted octanol–water partition coefficient (Wildman–Crippen LogP) is 0.0241. The van der Waals surface area contributed by atoms with Crippen molar-refractivity contribution in [2.75, 3.05) is 22.9 Å². The first kappa shape index (κ1) is 15.8. The van der Waals surface area contributed by atoms with E-state index in [4.69, 9.17) is 45.9 Å². The van der Waals surface area contributed by atoms with Crippen molar-refractivity contribution in [2.24, 2.45) is 22.9 Å². The zero-order valence-corrected chi connectivity index (χ0v) is 14.4. The number of allylic oxidation sites excluding steroid dienone is 7. The van der Waals surface area contributed by atoms with E-state index in [1.165, 1.54) is 0 Å². The lowest BCUT2D eigenvalue weighted by Crippen LogP contribution is -2.34. The standard InChI is InChI=1S/C18H22N8/c1-4-2-3-5-6(4)8-10(14(22)18(26)16(24)12(8)20)9-7(5)11(19)15(23)17(25)13(9)21/h2-3,9H,19-26H2,1H3. The third kappa shape index (κ3) is 1.58. The highest BCUT2D eigenvalue weighted by molar-refractivity contribution is 6.06. The Morgan fingerprint density at radius 3 is 1.96 bits per heavy atom. The van der Waals surface area contributed by atoms with Gasteiger partial charge in [-0.15, -0.1) is 0 Å². The number of hydrogen-bond donors (Lipinski definition) is 8. The van der Waals surface area contributed by atoms with Crippen LogP contribution in [0.5, 0.6) is 0 Å². The third-order valence-electron chi connectivity index (χ3n) is 5.47. The number of anilines is 4. The van der Waals surface area contributed by atoms with Crippen molar-refractivity contribution in [3.05, 3.63) is 62.8 Å². The van der Waals surface area contributed by atoms with Crippen LogP contribution in [0.3, 0.4) is 0 Å². The summed E-state index contributed by atoms with van der Waals surface area (Å²) in [5, 5.41) is 0. The summed E-state index contributed by atoms with van der Waals surface area (Å²) in [6.45, 7) is 1.98. The van der Waals surface area contributed by atoms with E-state index in [0.29, 0.717) is 28.3 Å². The van der Waals surface area contributed by atoms with E-state index in [1.807, 2.05) is 19.1 Å². The molecule has 0 saturated carbocycles. The molecule has 0 heterocycles. The van der Waals surface area contributed by atoms with Gasteiger partial charge in [-0.25, -0.2) is 0 Å². The Bertz CT molecular complexity index is 1070. The van der Waals surface area contributed by atoms with Gasteiger partial charge in [0.15, 0.2) is 0 Å². The average Bonchev–Trinajstić information content (AvgIpc) is 3.00. The van der Waals surface area contributed by atoms with Gasteiger partial charge in [0.05, 0.1) is 45.8 Å². The van der Waals surface area contributed by atoms with Gasteiger partial charge in [-0.05, 0) is 29.2 Å². The van der Waals surface area contributed by atoms with Crippen LogP contribution in [0, 0.1) is 0 Å². The van der Waals surface area contributed by atoms with Crippen molar-refractivity contribution in [3.8, 4) is 0 Å². The molecular formula is C18H22N8. The Hall–Kier alpha value is -3.68. The average molecular weight is 350 g/mol. The minimum Gasteiger partial charge on any atom is -0.400 e. The van der Waals surface area contributed by atoms with Gasteiger partial charge in [0, 0.05) is 16.8 Å². The molecule has 1 aromatic rings. The van der Waals surface area contributed by atoms with Crippen molar-refractivity contribution in [3.63, 3.8) is 0 Å². The molecule has 8 heteroatoms. The number of fused-ring (bicyclic) bond motifs is 5. The van der Waals surface area contributed by atoms with Crippen molar-refractivity contribution in [2.45, 2.75) is 12.8 Å². The van der Waals surface area contributed by atoms with E-state index in [0.717, 1.165) is 27.9 Å². The first-order valence-electron chi connectivity index (χ1n) is 8.09. The van der Waals surface area contributed by atoms with Gasteiger partial charge >= 0.3 is 0 Å². The Balaban J connectivity index is 2.24. The minimum atomic E-state index is -0.489. The summed E-state index contributed by atoms with van der Waals surface area (Å²) in [6.07, 6.45) is 3.94. The number of hydrogen-bond acceptors (Lipinski definition) is 8. The van der Waals surface area contributed by atoms with E-state index in [1.54, 1.807) is 0 Å². The maximum absolute atomic E-state index is 6.37. The summed E-state index contributed by atoms with van der Waals surface area (Å²) in [5.41, 5.74) is 57.2. The molecule has 16 N–H and O–H groups in total. The molecule has 134 valence electrons.